The number of benzene rings is 2. The highest BCUT2D eigenvalue weighted by Gasteiger charge is 2.13. The number of carbonyl (C=O) groups is 1. The number of aromatic amines is 1. The maximum Gasteiger partial charge on any atom is 0.253 e. The first-order valence-electron chi connectivity index (χ1n) is 6.65. The summed E-state index contributed by atoms with van der Waals surface area (Å²) >= 11 is 0. The van der Waals surface area contributed by atoms with Crippen molar-refractivity contribution < 1.29 is 9.90 Å². The van der Waals surface area contributed by atoms with Crippen molar-refractivity contribution in [1.29, 1.82) is 0 Å². The summed E-state index contributed by atoms with van der Waals surface area (Å²) in [5.41, 5.74) is 1.49. The van der Waals surface area contributed by atoms with Crippen LogP contribution in [0.25, 0.3) is 21.8 Å². The second kappa shape index (κ2) is 5.38. The van der Waals surface area contributed by atoms with Crippen molar-refractivity contribution in [3.63, 3.8) is 0 Å². The van der Waals surface area contributed by atoms with Crippen LogP contribution >= 0.6 is 0 Å². The minimum absolute atomic E-state index is 0.101. The zero-order valence-corrected chi connectivity index (χ0v) is 11.2. The van der Waals surface area contributed by atoms with Crippen molar-refractivity contribution in [2.75, 3.05) is 13.2 Å². The molecule has 0 saturated carbocycles. The van der Waals surface area contributed by atoms with Crippen molar-refractivity contribution in [1.82, 2.24) is 10.3 Å². The van der Waals surface area contributed by atoms with E-state index in [9.17, 15) is 9.59 Å². The molecular weight excluding hydrogens is 268 g/mol. The van der Waals surface area contributed by atoms with Crippen LogP contribution in [0, 0.1) is 0 Å². The number of nitrogens with one attached hydrogen (secondary N) is 2. The third kappa shape index (κ3) is 2.28. The van der Waals surface area contributed by atoms with Gasteiger partial charge in [-0.05, 0) is 24.3 Å². The Kier molecular flexibility index (Phi) is 3.41. The van der Waals surface area contributed by atoms with Gasteiger partial charge in [0, 0.05) is 22.8 Å². The van der Waals surface area contributed by atoms with E-state index in [-0.39, 0.29) is 24.5 Å². The summed E-state index contributed by atoms with van der Waals surface area (Å²) in [5, 5.41) is 12.5. The van der Waals surface area contributed by atoms with Crippen LogP contribution < -0.4 is 10.7 Å². The molecule has 106 valence electrons. The zero-order chi connectivity index (χ0) is 14.8. The summed E-state index contributed by atoms with van der Waals surface area (Å²) in [5.74, 6) is -0.319. The molecule has 0 fully saturated rings. The van der Waals surface area contributed by atoms with Gasteiger partial charge in [0.25, 0.3) is 5.91 Å². The molecular formula is C16H14N2O3. The predicted molar refractivity (Wildman–Crippen MR) is 81.5 cm³/mol. The van der Waals surface area contributed by atoms with E-state index < -0.39 is 0 Å². The lowest BCUT2D eigenvalue weighted by Gasteiger charge is -2.08. The monoisotopic (exact) mass is 282 g/mol. The highest BCUT2D eigenvalue weighted by Crippen LogP contribution is 2.18. The first kappa shape index (κ1) is 13.3. The lowest BCUT2D eigenvalue weighted by atomic mass is 10.1. The molecule has 0 aliphatic heterocycles. The first-order chi connectivity index (χ1) is 10.2. The molecule has 3 aromatic rings. The van der Waals surface area contributed by atoms with E-state index >= 15 is 0 Å². The van der Waals surface area contributed by atoms with E-state index in [1.807, 2.05) is 6.07 Å². The summed E-state index contributed by atoms with van der Waals surface area (Å²) in [4.78, 5) is 27.8. The first-order valence-corrected chi connectivity index (χ1v) is 6.65. The van der Waals surface area contributed by atoms with E-state index in [0.717, 1.165) is 0 Å². The Morgan fingerprint density at radius 3 is 2.67 bits per heavy atom. The maximum atomic E-state index is 12.5. The van der Waals surface area contributed by atoms with E-state index in [1.165, 1.54) is 0 Å². The van der Waals surface area contributed by atoms with Gasteiger partial charge in [0.2, 0.25) is 0 Å². The number of aliphatic hydroxyl groups excluding tert-OH is 1. The highest BCUT2D eigenvalue weighted by molar-refractivity contribution is 6.07. The molecule has 0 saturated heterocycles. The van der Waals surface area contributed by atoms with Crippen molar-refractivity contribution in [3.05, 3.63) is 58.3 Å². The number of hydrogen-bond donors (Lipinski definition) is 3. The van der Waals surface area contributed by atoms with Gasteiger partial charge in [-0.15, -0.1) is 0 Å². The maximum absolute atomic E-state index is 12.5. The Morgan fingerprint density at radius 1 is 1.10 bits per heavy atom. The molecule has 1 heterocycles. The van der Waals surface area contributed by atoms with Gasteiger partial charge >= 0.3 is 0 Å². The van der Waals surface area contributed by atoms with Crippen LogP contribution in [0.3, 0.4) is 0 Å². The smallest absolute Gasteiger partial charge is 0.253 e. The Morgan fingerprint density at radius 2 is 1.86 bits per heavy atom. The minimum Gasteiger partial charge on any atom is -0.395 e. The van der Waals surface area contributed by atoms with Gasteiger partial charge in [0.1, 0.15) is 0 Å². The number of hydrogen-bond acceptors (Lipinski definition) is 3. The number of pyridine rings is 1. The van der Waals surface area contributed by atoms with Crippen molar-refractivity contribution in [3.8, 4) is 0 Å². The minimum atomic E-state index is -0.319. The molecule has 5 nitrogen and oxygen atoms in total. The molecule has 1 aromatic heterocycles. The van der Waals surface area contributed by atoms with Crippen LogP contribution in [-0.2, 0) is 0 Å². The largest absolute Gasteiger partial charge is 0.395 e. The number of fused-ring (bicyclic) bond motifs is 2. The number of aliphatic hydroxyl groups is 1. The Labute approximate surface area is 120 Å². The summed E-state index contributed by atoms with van der Waals surface area (Å²) in [7, 11) is 0. The molecule has 0 bridgehead atoms. The molecule has 3 rings (SSSR count). The summed E-state index contributed by atoms with van der Waals surface area (Å²) in [6, 6.07) is 12.2. The molecule has 5 heteroatoms. The topological polar surface area (TPSA) is 82.2 Å². The average molecular weight is 282 g/mol. The van der Waals surface area contributed by atoms with E-state index in [2.05, 4.69) is 10.3 Å². The van der Waals surface area contributed by atoms with Gasteiger partial charge in [-0.3, -0.25) is 9.59 Å². The van der Waals surface area contributed by atoms with Crippen LogP contribution in [0.1, 0.15) is 10.4 Å². The molecule has 0 aliphatic carbocycles. The number of amides is 1. The second-order valence-corrected chi connectivity index (χ2v) is 4.71. The predicted octanol–water partition coefficient (Wildman–Crippen LogP) is 1.40. The molecule has 3 N–H and O–H groups in total. The zero-order valence-electron chi connectivity index (χ0n) is 11.2. The number of para-hydroxylation sites is 2. The Balaban J connectivity index is 2.28. The Hall–Kier alpha value is -2.66. The SMILES string of the molecule is O=C(NCCO)c1cccc2c(=O)c3ccccc3[nH]c12. The lowest BCUT2D eigenvalue weighted by Crippen LogP contribution is -2.27. The van der Waals surface area contributed by atoms with Gasteiger partial charge in [-0.25, -0.2) is 0 Å². The molecule has 0 spiro atoms. The van der Waals surface area contributed by atoms with Crippen molar-refractivity contribution >= 4 is 27.7 Å². The summed E-state index contributed by atoms with van der Waals surface area (Å²) in [6.07, 6.45) is 0. The number of rotatable bonds is 3. The van der Waals surface area contributed by atoms with Crippen molar-refractivity contribution in [2.24, 2.45) is 0 Å². The summed E-state index contributed by atoms with van der Waals surface area (Å²) in [6.45, 7) is 0.0446. The molecule has 0 radical (unpaired) electrons. The molecule has 0 aliphatic rings. The molecule has 1 amide bonds. The quantitative estimate of drug-likeness (QED) is 0.635. The molecule has 0 unspecified atom stereocenters. The van der Waals surface area contributed by atoms with Gasteiger partial charge in [0.05, 0.1) is 17.7 Å². The fraction of sp³-hybridized carbons (Fsp3) is 0.125. The van der Waals surface area contributed by atoms with Gasteiger partial charge in [0.15, 0.2) is 5.43 Å². The number of aromatic nitrogens is 1. The molecule has 21 heavy (non-hydrogen) atoms. The van der Waals surface area contributed by atoms with Gasteiger partial charge in [-0.2, -0.15) is 0 Å². The van der Waals surface area contributed by atoms with Crippen LogP contribution in [0.5, 0.6) is 0 Å². The standard InChI is InChI=1S/C16H14N2O3/c19-9-8-17-16(21)12-6-3-5-11-14(12)18-13-7-2-1-4-10(13)15(11)20/h1-7,19H,8-9H2,(H,17,21)(H,18,20). The van der Waals surface area contributed by atoms with E-state index in [0.29, 0.717) is 27.4 Å². The fourth-order valence-electron chi connectivity index (χ4n) is 2.40. The highest BCUT2D eigenvalue weighted by atomic mass is 16.3. The van der Waals surface area contributed by atoms with Gasteiger partial charge in [-0.1, -0.05) is 18.2 Å². The fourth-order valence-corrected chi connectivity index (χ4v) is 2.40. The molecule has 0 atom stereocenters. The van der Waals surface area contributed by atoms with Crippen LogP contribution in [0.2, 0.25) is 0 Å². The average Bonchev–Trinajstić information content (AvgIpc) is 2.52. The second-order valence-electron chi connectivity index (χ2n) is 4.71. The lowest BCUT2D eigenvalue weighted by molar-refractivity contribution is 0.0946. The van der Waals surface area contributed by atoms with Crippen molar-refractivity contribution in [2.45, 2.75) is 0 Å². The Bertz CT molecular complexity index is 883. The van der Waals surface area contributed by atoms with E-state index in [1.54, 1.807) is 36.4 Å². The van der Waals surface area contributed by atoms with E-state index in [4.69, 9.17) is 5.11 Å². The van der Waals surface area contributed by atoms with Gasteiger partial charge < -0.3 is 15.4 Å². The van der Waals surface area contributed by atoms with Crippen LogP contribution in [-0.4, -0.2) is 29.1 Å². The van der Waals surface area contributed by atoms with Crippen LogP contribution in [0.15, 0.2) is 47.3 Å². The normalized spacial score (nSPS) is 10.9. The third-order valence-corrected chi connectivity index (χ3v) is 3.38. The third-order valence-electron chi connectivity index (χ3n) is 3.38. The number of H-pyrrole nitrogens is 1. The summed E-state index contributed by atoms with van der Waals surface area (Å²) < 4.78 is 0. The van der Waals surface area contributed by atoms with Crippen LogP contribution in [0.4, 0.5) is 0 Å². The molecule has 2 aromatic carbocycles. The number of carbonyl (C=O) groups excluding carboxylic acids is 1.